The molecule has 1 amide bonds. The largest absolute Gasteiger partial charge is 0.350 e. The zero-order valence-electron chi connectivity index (χ0n) is 17.0. The van der Waals surface area contributed by atoms with Crippen LogP contribution in [-0.4, -0.2) is 30.4 Å². The third kappa shape index (κ3) is 2.41. The van der Waals surface area contributed by atoms with Crippen LogP contribution in [0.4, 0.5) is 0 Å². The molecule has 1 heterocycles. The van der Waals surface area contributed by atoms with Crippen LogP contribution in [0.25, 0.3) is 0 Å². The number of rotatable bonds is 3. The summed E-state index contributed by atoms with van der Waals surface area (Å²) in [6.45, 7) is 5.43. The van der Waals surface area contributed by atoms with Crippen LogP contribution in [0.3, 0.4) is 0 Å². The van der Waals surface area contributed by atoms with Gasteiger partial charge >= 0.3 is 0 Å². The highest BCUT2D eigenvalue weighted by atomic mass is 16.1. The Morgan fingerprint density at radius 1 is 1.14 bits per heavy atom. The quantitative estimate of drug-likeness (QED) is 0.802. The summed E-state index contributed by atoms with van der Waals surface area (Å²) in [6.07, 6.45) is 12.9. The van der Waals surface area contributed by atoms with Crippen molar-refractivity contribution in [2.24, 2.45) is 23.2 Å². The van der Waals surface area contributed by atoms with E-state index >= 15 is 0 Å². The van der Waals surface area contributed by atoms with Crippen LogP contribution < -0.4 is 5.32 Å². The van der Waals surface area contributed by atoms with Gasteiger partial charge in [-0.25, -0.2) is 0 Å². The second-order valence-corrected chi connectivity index (χ2v) is 10.4. The third-order valence-electron chi connectivity index (χ3n) is 9.05. The lowest BCUT2D eigenvalue weighted by Crippen LogP contribution is -2.50. The number of hydrogen-bond donors (Lipinski definition) is 1. The predicted molar refractivity (Wildman–Crippen MR) is 111 cm³/mol. The number of allylic oxidation sites excluding steroid dienone is 2. The maximum absolute atomic E-state index is 11.7. The number of fused-ring (bicyclic) bond motifs is 2. The summed E-state index contributed by atoms with van der Waals surface area (Å²) in [5, 5.41) is 3.18. The SMILES string of the molecule is CC(=O)N[C@H]1CCC2(CCN(CC3CC45CC4C=CC35)CC2)c2ccccc21. The highest BCUT2D eigenvalue weighted by molar-refractivity contribution is 5.73. The topological polar surface area (TPSA) is 32.3 Å². The molecule has 3 fully saturated rings. The highest BCUT2D eigenvalue weighted by Gasteiger charge is 2.68. The Kier molecular flexibility index (Phi) is 3.67. The van der Waals surface area contributed by atoms with Crippen LogP contribution in [0.5, 0.6) is 0 Å². The molecule has 5 atom stereocenters. The average Bonchev–Trinajstić information content (AvgIpc) is 3.34. The summed E-state index contributed by atoms with van der Waals surface area (Å²) in [7, 11) is 0. The number of amides is 1. The van der Waals surface area contributed by atoms with Crippen molar-refractivity contribution in [3.8, 4) is 0 Å². The summed E-state index contributed by atoms with van der Waals surface area (Å²) in [6, 6.07) is 9.11. The smallest absolute Gasteiger partial charge is 0.217 e. The Labute approximate surface area is 168 Å². The van der Waals surface area contributed by atoms with Crippen molar-refractivity contribution in [3.63, 3.8) is 0 Å². The first-order valence-electron chi connectivity index (χ1n) is 11.4. The number of piperidine rings is 1. The fourth-order valence-electron chi connectivity index (χ4n) is 7.47. The number of likely N-dealkylation sites (tertiary alicyclic amines) is 1. The predicted octanol–water partition coefficient (Wildman–Crippen LogP) is 4.20. The zero-order valence-corrected chi connectivity index (χ0v) is 17.0. The van der Waals surface area contributed by atoms with Gasteiger partial charge in [-0.1, -0.05) is 36.4 Å². The highest BCUT2D eigenvalue weighted by Crippen LogP contribution is 2.75. The normalized spacial score (nSPS) is 39.6. The van der Waals surface area contributed by atoms with Crippen molar-refractivity contribution in [3.05, 3.63) is 47.5 Å². The van der Waals surface area contributed by atoms with E-state index in [2.05, 4.69) is 46.6 Å². The summed E-state index contributed by atoms with van der Waals surface area (Å²) >= 11 is 0. The lowest BCUT2D eigenvalue weighted by atomic mass is 9.61. The maximum Gasteiger partial charge on any atom is 0.217 e. The molecule has 1 N–H and O–H groups in total. The molecule has 1 saturated heterocycles. The minimum Gasteiger partial charge on any atom is -0.350 e. The van der Waals surface area contributed by atoms with Gasteiger partial charge in [0.2, 0.25) is 5.91 Å². The molecule has 28 heavy (non-hydrogen) atoms. The van der Waals surface area contributed by atoms with Crippen molar-refractivity contribution < 1.29 is 4.79 Å². The Balaban J connectivity index is 1.14. The first kappa shape index (κ1) is 17.3. The molecule has 148 valence electrons. The van der Waals surface area contributed by atoms with E-state index in [-0.39, 0.29) is 11.9 Å². The minimum absolute atomic E-state index is 0.0858. The van der Waals surface area contributed by atoms with Gasteiger partial charge in [0, 0.05) is 13.5 Å². The fourth-order valence-corrected chi connectivity index (χ4v) is 7.47. The molecule has 0 aromatic heterocycles. The summed E-state index contributed by atoms with van der Waals surface area (Å²) in [5.74, 6) is 2.86. The molecular formula is C25H32N2O. The van der Waals surface area contributed by atoms with Crippen LogP contribution in [0.15, 0.2) is 36.4 Å². The van der Waals surface area contributed by atoms with Crippen molar-refractivity contribution in [1.82, 2.24) is 10.2 Å². The molecule has 0 radical (unpaired) electrons. The number of carbonyl (C=O) groups excluding carboxylic acids is 1. The maximum atomic E-state index is 11.7. The molecule has 1 aliphatic heterocycles. The Bertz CT molecular complexity index is 837. The van der Waals surface area contributed by atoms with Crippen molar-refractivity contribution in [2.75, 3.05) is 19.6 Å². The van der Waals surface area contributed by atoms with Gasteiger partial charge in [0.05, 0.1) is 6.04 Å². The van der Waals surface area contributed by atoms with Gasteiger partial charge in [-0.05, 0) is 91.3 Å². The van der Waals surface area contributed by atoms with E-state index in [0.29, 0.717) is 5.41 Å². The van der Waals surface area contributed by atoms with Crippen LogP contribution in [-0.2, 0) is 10.2 Å². The van der Waals surface area contributed by atoms with Crippen LogP contribution in [0.2, 0.25) is 0 Å². The van der Waals surface area contributed by atoms with Crippen LogP contribution in [0, 0.1) is 23.2 Å². The van der Waals surface area contributed by atoms with E-state index in [4.69, 9.17) is 0 Å². The lowest BCUT2D eigenvalue weighted by molar-refractivity contribution is -0.119. The molecule has 1 aromatic carbocycles. The zero-order chi connectivity index (χ0) is 18.9. The molecule has 3 heteroatoms. The number of carbonyl (C=O) groups is 1. The van der Waals surface area contributed by atoms with Crippen molar-refractivity contribution in [1.29, 1.82) is 0 Å². The summed E-state index contributed by atoms with van der Waals surface area (Å²) < 4.78 is 0. The van der Waals surface area contributed by atoms with Crippen LogP contribution in [0.1, 0.15) is 62.6 Å². The van der Waals surface area contributed by atoms with Crippen molar-refractivity contribution in [2.45, 2.75) is 56.9 Å². The van der Waals surface area contributed by atoms with E-state index < -0.39 is 0 Å². The van der Waals surface area contributed by atoms with Crippen LogP contribution >= 0.6 is 0 Å². The lowest BCUT2D eigenvalue weighted by Gasteiger charge is -2.50. The monoisotopic (exact) mass is 376 g/mol. The van der Waals surface area contributed by atoms with Gasteiger partial charge in [0.25, 0.3) is 0 Å². The Morgan fingerprint density at radius 3 is 2.71 bits per heavy atom. The molecule has 4 unspecified atom stereocenters. The first-order chi connectivity index (χ1) is 13.6. The van der Waals surface area contributed by atoms with E-state index in [1.165, 1.54) is 62.9 Å². The molecule has 1 aromatic rings. The van der Waals surface area contributed by atoms with Gasteiger partial charge in [-0.3, -0.25) is 4.79 Å². The van der Waals surface area contributed by atoms with Gasteiger partial charge < -0.3 is 10.2 Å². The number of hydrogen-bond acceptors (Lipinski definition) is 2. The van der Waals surface area contributed by atoms with Gasteiger partial charge in [-0.2, -0.15) is 0 Å². The second kappa shape index (κ2) is 5.95. The second-order valence-electron chi connectivity index (χ2n) is 10.4. The molecular weight excluding hydrogens is 344 g/mol. The van der Waals surface area contributed by atoms with Gasteiger partial charge in [-0.15, -0.1) is 0 Å². The molecule has 2 spiro atoms. The third-order valence-corrected chi connectivity index (χ3v) is 9.05. The molecule has 5 aliphatic rings. The average molecular weight is 377 g/mol. The Morgan fingerprint density at radius 2 is 1.96 bits per heavy atom. The van der Waals surface area contributed by atoms with Gasteiger partial charge in [0.15, 0.2) is 0 Å². The number of nitrogens with zero attached hydrogens (tertiary/aromatic N) is 1. The van der Waals surface area contributed by atoms with E-state index in [1.807, 2.05) is 0 Å². The van der Waals surface area contributed by atoms with E-state index in [0.717, 1.165) is 29.6 Å². The van der Waals surface area contributed by atoms with E-state index in [1.54, 1.807) is 6.92 Å². The minimum atomic E-state index is 0.0858. The van der Waals surface area contributed by atoms with Crippen molar-refractivity contribution >= 4 is 5.91 Å². The van der Waals surface area contributed by atoms with Gasteiger partial charge in [0.1, 0.15) is 0 Å². The molecule has 0 bridgehead atoms. The number of benzene rings is 1. The number of nitrogens with one attached hydrogen (secondary N) is 1. The van der Waals surface area contributed by atoms with E-state index in [9.17, 15) is 4.79 Å². The fraction of sp³-hybridized carbons (Fsp3) is 0.640. The summed E-state index contributed by atoms with van der Waals surface area (Å²) in [5.41, 5.74) is 3.97. The molecule has 4 aliphatic carbocycles. The molecule has 3 nitrogen and oxygen atoms in total. The summed E-state index contributed by atoms with van der Waals surface area (Å²) in [4.78, 5) is 14.4. The first-order valence-corrected chi connectivity index (χ1v) is 11.4. The Hall–Kier alpha value is -1.61. The molecule has 6 rings (SSSR count). The standard InChI is InChI=1S/C25H32N2O/c1-17(28)26-23-8-9-24(22-5-3-2-4-20(22)23)10-12-27(13-11-24)16-18-14-25-15-19(25)6-7-21(18)25/h2-7,18-19,21,23H,8-16H2,1H3,(H,26,28)/t18?,19?,21?,23-,25?/m0/s1. The molecule has 2 saturated carbocycles.